The van der Waals surface area contributed by atoms with Gasteiger partial charge in [-0.15, -0.1) is 0 Å². The normalized spacial score (nSPS) is 9.53. The molecule has 0 N–H and O–H groups in total. The molecule has 0 atom stereocenters. The van der Waals surface area contributed by atoms with Crippen LogP contribution in [-0.2, 0) is 11.2 Å². The second-order valence-electron chi connectivity index (χ2n) is 3.35. The average molecular weight is 251 g/mol. The molecule has 1 aromatic carbocycles. The van der Waals surface area contributed by atoms with Crippen LogP contribution in [-0.4, -0.2) is 25.8 Å². The van der Waals surface area contributed by atoms with Crippen molar-refractivity contribution >= 4 is 18.4 Å². The van der Waals surface area contributed by atoms with Gasteiger partial charge in [-0.1, -0.05) is 0 Å². The first-order chi connectivity index (χ1) is 8.15. The van der Waals surface area contributed by atoms with E-state index in [1.165, 1.54) is 14.2 Å². The number of ketones is 1. The van der Waals surface area contributed by atoms with Gasteiger partial charge in [0.05, 0.1) is 25.9 Å². The maximum atomic E-state index is 11.3. The van der Waals surface area contributed by atoms with Crippen LogP contribution >= 0.6 is 12.6 Å². The van der Waals surface area contributed by atoms with Crippen LogP contribution in [0.25, 0.3) is 0 Å². The van der Waals surface area contributed by atoms with E-state index in [1.54, 1.807) is 12.1 Å². The van der Waals surface area contributed by atoms with Gasteiger partial charge in [0, 0.05) is 18.2 Å². The van der Waals surface area contributed by atoms with E-state index in [0.29, 0.717) is 22.6 Å². The van der Waals surface area contributed by atoms with Crippen LogP contribution in [0.15, 0.2) is 12.1 Å². The molecule has 5 heteroatoms. The number of ether oxygens (including phenoxy) is 2. The monoisotopic (exact) mass is 251 g/mol. The second-order valence-corrected chi connectivity index (χ2v) is 3.67. The Morgan fingerprint density at radius 2 is 1.94 bits per heavy atom. The minimum atomic E-state index is -0.0444. The molecule has 0 aromatic heterocycles. The van der Waals surface area contributed by atoms with E-state index in [0.717, 1.165) is 0 Å². The van der Waals surface area contributed by atoms with Crippen molar-refractivity contribution in [3.8, 4) is 17.6 Å². The molecule has 0 heterocycles. The first kappa shape index (κ1) is 13.4. The van der Waals surface area contributed by atoms with Crippen LogP contribution in [0, 0.1) is 11.3 Å². The summed E-state index contributed by atoms with van der Waals surface area (Å²) >= 11 is 3.91. The van der Waals surface area contributed by atoms with Crippen molar-refractivity contribution < 1.29 is 14.3 Å². The molecule has 90 valence electrons. The molecular formula is C12H13NO3S. The molecule has 0 saturated heterocycles. The number of nitrogens with zero attached hydrogens (tertiary/aromatic N) is 1. The summed E-state index contributed by atoms with van der Waals surface area (Å²) in [5, 5.41) is 9.01. The Morgan fingerprint density at radius 1 is 1.35 bits per heavy atom. The van der Waals surface area contributed by atoms with E-state index < -0.39 is 0 Å². The van der Waals surface area contributed by atoms with Gasteiger partial charge in [-0.25, -0.2) is 0 Å². The molecule has 0 unspecified atom stereocenters. The van der Waals surface area contributed by atoms with Crippen LogP contribution in [0.1, 0.15) is 11.1 Å². The Bertz CT molecular complexity index is 466. The van der Waals surface area contributed by atoms with Gasteiger partial charge in [-0.3, -0.25) is 4.79 Å². The molecule has 0 bridgehead atoms. The van der Waals surface area contributed by atoms with E-state index in [2.05, 4.69) is 12.6 Å². The first-order valence-corrected chi connectivity index (χ1v) is 5.57. The lowest BCUT2D eigenvalue weighted by atomic mass is 10.0. The molecule has 0 amide bonds. The number of hydrogen-bond acceptors (Lipinski definition) is 5. The zero-order valence-corrected chi connectivity index (χ0v) is 10.6. The fraction of sp³-hybridized carbons (Fsp3) is 0.333. The van der Waals surface area contributed by atoms with Gasteiger partial charge in [-0.2, -0.15) is 17.9 Å². The van der Waals surface area contributed by atoms with Crippen molar-refractivity contribution in [3.05, 3.63) is 23.3 Å². The maximum Gasteiger partial charge on any atom is 0.162 e. The minimum Gasteiger partial charge on any atom is -0.493 e. The molecule has 1 aromatic rings. The smallest absolute Gasteiger partial charge is 0.162 e. The number of Topliss-reactive ketones (excluding diaryl/α,β-unsaturated/α-hetero) is 1. The first-order valence-electron chi connectivity index (χ1n) is 4.93. The van der Waals surface area contributed by atoms with Crippen LogP contribution in [0.4, 0.5) is 0 Å². The third-order valence-electron chi connectivity index (χ3n) is 2.29. The number of thiol groups is 1. The van der Waals surface area contributed by atoms with E-state index in [1.807, 2.05) is 6.07 Å². The molecule has 1 rings (SSSR count). The summed E-state index contributed by atoms with van der Waals surface area (Å²) in [5.41, 5.74) is 1.04. The number of nitriles is 1. The maximum absolute atomic E-state index is 11.3. The Balaban J connectivity index is 3.20. The Kier molecular flexibility index (Phi) is 4.85. The van der Waals surface area contributed by atoms with Gasteiger partial charge in [0.25, 0.3) is 0 Å². The van der Waals surface area contributed by atoms with Gasteiger partial charge >= 0.3 is 0 Å². The molecule has 0 aliphatic rings. The van der Waals surface area contributed by atoms with Gasteiger partial charge in [0.15, 0.2) is 11.5 Å². The van der Waals surface area contributed by atoms with Crippen molar-refractivity contribution in [1.82, 2.24) is 0 Å². The zero-order chi connectivity index (χ0) is 12.8. The van der Waals surface area contributed by atoms with Gasteiger partial charge in [0.1, 0.15) is 5.78 Å². The lowest BCUT2D eigenvalue weighted by Crippen LogP contribution is -2.06. The summed E-state index contributed by atoms with van der Waals surface area (Å²) in [4.78, 5) is 11.3. The van der Waals surface area contributed by atoms with Crippen LogP contribution in [0.2, 0.25) is 0 Å². The number of carbonyl (C=O) groups excluding carboxylic acids is 1. The lowest BCUT2D eigenvalue weighted by molar-refractivity contribution is -0.115. The minimum absolute atomic E-state index is 0.0444. The Hall–Kier alpha value is -1.67. The number of carbonyl (C=O) groups is 1. The van der Waals surface area contributed by atoms with Crippen molar-refractivity contribution in [2.75, 3.05) is 20.0 Å². The van der Waals surface area contributed by atoms with Crippen LogP contribution < -0.4 is 9.47 Å². The second kappa shape index (κ2) is 6.16. The topological polar surface area (TPSA) is 59.3 Å². The molecule has 0 aliphatic carbocycles. The molecule has 17 heavy (non-hydrogen) atoms. The summed E-state index contributed by atoms with van der Waals surface area (Å²) in [6.07, 6.45) is 0.173. The van der Waals surface area contributed by atoms with Crippen LogP contribution in [0.3, 0.4) is 0 Å². The average Bonchev–Trinajstić information content (AvgIpc) is 2.37. The highest BCUT2D eigenvalue weighted by Gasteiger charge is 2.13. The molecule has 0 spiro atoms. The predicted octanol–water partition coefficient (Wildman–Crippen LogP) is 1.62. The molecular weight excluding hydrogens is 238 g/mol. The van der Waals surface area contributed by atoms with E-state index in [4.69, 9.17) is 14.7 Å². The lowest BCUT2D eigenvalue weighted by Gasteiger charge is -2.10. The van der Waals surface area contributed by atoms with E-state index in [-0.39, 0.29) is 18.0 Å². The van der Waals surface area contributed by atoms with Gasteiger partial charge in [-0.05, 0) is 11.6 Å². The third-order valence-corrected chi connectivity index (χ3v) is 2.65. The number of hydrogen-bond donors (Lipinski definition) is 1. The molecule has 4 nitrogen and oxygen atoms in total. The SMILES string of the molecule is COc1cc(C#N)c(CC(=O)CS)cc1OC. The predicted molar refractivity (Wildman–Crippen MR) is 66.8 cm³/mol. The van der Waals surface area contributed by atoms with Crippen molar-refractivity contribution in [2.45, 2.75) is 6.42 Å². The van der Waals surface area contributed by atoms with Crippen LogP contribution in [0.5, 0.6) is 11.5 Å². The van der Waals surface area contributed by atoms with Gasteiger partial charge in [0.2, 0.25) is 0 Å². The van der Waals surface area contributed by atoms with Crippen molar-refractivity contribution in [3.63, 3.8) is 0 Å². The Labute approximate surface area is 106 Å². The summed E-state index contributed by atoms with van der Waals surface area (Å²) in [7, 11) is 3.01. The number of methoxy groups -OCH3 is 2. The highest BCUT2D eigenvalue weighted by molar-refractivity contribution is 7.81. The third kappa shape index (κ3) is 3.14. The summed E-state index contributed by atoms with van der Waals surface area (Å²) in [5.74, 6) is 1.09. The molecule has 0 fully saturated rings. The van der Waals surface area contributed by atoms with Crippen molar-refractivity contribution in [1.29, 1.82) is 5.26 Å². The zero-order valence-electron chi connectivity index (χ0n) is 9.69. The summed E-state index contributed by atoms with van der Waals surface area (Å²) in [6.45, 7) is 0. The molecule has 0 aliphatic heterocycles. The van der Waals surface area contributed by atoms with E-state index >= 15 is 0 Å². The van der Waals surface area contributed by atoms with Gasteiger partial charge < -0.3 is 9.47 Å². The highest BCUT2D eigenvalue weighted by atomic mass is 32.1. The summed E-state index contributed by atoms with van der Waals surface area (Å²) < 4.78 is 10.2. The number of rotatable bonds is 5. The largest absolute Gasteiger partial charge is 0.493 e. The molecule has 0 radical (unpaired) electrons. The fourth-order valence-electron chi connectivity index (χ4n) is 1.44. The number of benzene rings is 1. The van der Waals surface area contributed by atoms with E-state index in [9.17, 15) is 4.79 Å². The Morgan fingerprint density at radius 3 is 2.41 bits per heavy atom. The highest BCUT2D eigenvalue weighted by Crippen LogP contribution is 2.30. The molecule has 0 saturated carbocycles. The standard InChI is InChI=1S/C12H13NO3S/c1-15-11-4-8(3-10(14)7-17)9(6-13)5-12(11)16-2/h4-5,17H,3,7H2,1-2H3. The van der Waals surface area contributed by atoms with Crippen molar-refractivity contribution in [2.24, 2.45) is 0 Å². The quantitative estimate of drug-likeness (QED) is 0.808. The summed E-state index contributed by atoms with van der Waals surface area (Å²) in [6, 6.07) is 5.26. The fourth-order valence-corrected chi connectivity index (χ4v) is 1.55.